The lowest BCUT2D eigenvalue weighted by molar-refractivity contribution is 0.373. The molecule has 5 heteroatoms. The summed E-state index contributed by atoms with van der Waals surface area (Å²) in [6.45, 7) is 9.25. The van der Waals surface area contributed by atoms with Crippen LogP contribution in [-0.2, 0) is 10.1 Å². The predicted octanol–water partition coefficient (Wildman–Crippen LogP) is 1.10. The van der Waals surface area contributed by atoms with Crippen molar-refractivity contribution in [2.24, 2.45) is 0 Å². The fourth-order valence-electron chi connectivity index (χ4n) is 1.00. The highest BCUT2D eigenvalue weighted by molar-refractivity contribution is 7.85. The minimum absolute atomic E-state index is 0.344. The average molecular weight is 231 g/mol. The smallest absolute Gasteiger partial charge is 0.268 e. The maximum Gasteiger partial charge on any atom is 0.268 e. The van der Waals surface area contributed by atoms with Crippen molar-refractivity contribution in [2.75, 3.05) is 25.4 Å². The van der Waals surface area contributed by atoms with Crippen molar-refractivity contribution < 1.29 is 13.0 Å². The molecular weight excluding hydrogens is 214 g/mol. The Balaban J connectivity index is 3.97. The highest BCUT2D eigenvalue weighted by Crippen LogP contribution is 1.91. The van der Waals surface area contributed by atoms with Gasteiger partial charge in [0.15, 0.2) is 0 Å². The van der Waals surface area contributed by atoms with Gasteiger partial charge in [0.25, 0.3) is 10.1 Å². The summed E-state index contributed by atoms with van der Waals surface area (Å²) in [4.78, 5) is 2.01. The fourth-order valence-corrected chi connectivity index (χ4v) is 1.38. The summed E-state index contributed by atoms with van der Waals surface area (Å²) in [5.41, 5.74) is 0. The van der Waals surface area contributed by atoms with Crippen LogP contribution in [-0.4, -0.2) is 43.3 Å². The molecule has 0 unspecified atom stereocenters. The first-order valence-electron chi connectivity index (χ1n) is 4.54. The van der Waals surface area contributed by atoms with Crippen molar-refractivity contribution in [1.82, 2.24) is 4.90 Å². The van der Waals surface area contributed by atoms with E-state index < -0.39 is 10.1 Å². The van der Waals surface area contributed by atoms with E-state index in [1.165, 1.54) is 6.08 Å². The van der Waals surface area contributed by atoms with Crippen molar-refractivity contribution >= 4 is 10.1 Å². The fraction of sp³-hybridized carbons (Fsp3) is 0.400. The van der Waals surface area contributed by atoms with Crippen LogP contribution in [0.1, 0.15) is 0 Å². The van der Waals surface area contributed by atoms with Crippen LogP contribution < -0.4 is 0 Å². The summed E-state index contributed by atoms with van der Waals surface area (Å²) >= 11 is 0. The third-order valence-electron chi connectivity index (χ3n) is 1.61. The van der Waals surface area contributed by atoms with Gasteiger partial charge in [-0.05, 0) is 0 Å². The number of hydrogen-bond acceptors (Lipinski definition) is 3. The van der Waals surface area contributed by atoms with Gasteiger partial charge in [-0.3, -0.25) is 9.45 Å². The molecule has 0 bridgehead atoms. The third kappa shape index (κ3) is 9.40. The Morgan fingerprint density at radius 3 is 2.00 bits per heavy atom. The van der Waals surface area contributed by atoms with Crippen molar-refractivity contribution in [3.8, 4) is 0 Å². The second kappa shape index (κ2) is 7.39. The van der Waals surface area contributed by atoms with Crippen molar-refractivity contribution in [2.45, 2.75) is 0 Å². The summed E-state index contributed by atoms with van der Waals surface area (Å²) in [5, 5.41) is 0. The van der Waals surface area contributed by atoms with Gasteiger partial charge in [-0.15, -0.1) is 13.2 Å². The largest absolute Gasteiger partial charge is 0.292 e. The standard InChI is InChI=1S/C10H17NO3S/c1-3-7-11(8-4-2)9-5-6-10-15(12,13)14/h3-6H,1-2,7-10H2,(H,12,13,14). The summed E-state index contributed by atoms with van der Waals surface area (Å²) in [6, 6.07) is 0. The topological polar surface area (TPSA) is 57.6 Å². The molecule has 1 N–H and O–H groups in total. The molecule has 0 atom stereocenters. The van der Waals surface area contributed by atoms with Crippen LogP contribution in [0.25, 0.3) is 0 Å². The molecule has 86 valence electrons. The summed E-state index contributed by atoms with van der Waals surface area (Å²) < 4.78 is 29.2. The Morgan fingerprint density at radius 2 is 1.60 bits per heavy atom. The van der Waals surface area contributed by atoms with Gasteiger partial charge >= 0.3 is 0 Å². The lowest BCUT2D eigenvalue weighted by Crippen LogP contribution is -2.23. The molecule has 0 spiro atoms. The first-order valence-corrected chi connectivity index (χ1v) is 6.15. The minimum atomic E-state index is -3.89. The predicted molar refractivity (Wildman–Crippen MR) is 62.4 cm³/mol. The molecule has 15 heavy (non-hydrogen) atoms. The molecule has 0 fully saturated rings. The van der Waals surface area contributed by atoms with E-state index >= 15 is 0 Å². The summed E-state index contributed by atoms with van der Waals surface area (Å²) in [7, 11) is -3.89. The van der Waals surface area contributed by atoms with Gasteiger partial charge < -0.3 is 0 Å². The van der Waals surface area contributed by atoms with Gasteiger partial charge in [0.1, 0.15) is 0 Å². The Bertz CT molecular complexity index is 310. The first kappa shape index (κ1) is 14.1. The number of rotatable bonds is 8. The van der Waals surface area contributed by atoms with Gasteiger partial charge in [-0.1, -0.05) is 24.3 Å². The van der Waals surface area contributed by atoms with Crippen LogP contribution >= 0.6 is 0 Å². The van der Waals surface area contributed by atoms with Crippen molar-refractivity contribution in [3.63, 3.8) is 0 Å². The number of hydrogen-bond donors (Lipinski definition) is 1. The average Bonchev–Trinajstić information content (AvgIpc) is 2.11. The van der Waals surface area contributed by atoms with E-state index in [0.717, 1.165) is 0 Å². The molecule has 4 nitrogen and oxygen atoms in total. The molecule has 0 saturated carbocycles. The van der Waals surface area contributed by atoms with Gasteiger partial charge in [-0.2, -0.15) is 8.42 Å². The van der Waals surface area contributed by atoms with Gasteiger partial charge in [-0.25, -0.2) is 0 Å². The third-order valence-corrected chi connectivity index (χ3v) is 2.23. The van der Waals surface area contributed by atoms with Gasteiger partial charge in [0, 0.05) is 19.6 Å². The van der Waals surface area contributed by atoms with Crippen LogP contribution in [0.15, 0.2) is 37.5 Å². The summed E-state index contributed by atoms with van der Waals surface area (Å²) in [6.07, 6.45) is 6.65. The van der Waals surface area contributed by atoms with Crippen molar-refractivity contribution in [1.29, 1.82) is 0 Å². The Kier molecular flexibility index (Phi) is 6.94. The van der Waals surface area contributed by atoms with E-state index in [2.05, 4.69) is 13.2 Å². The second-order valence-electron chi connectivity index (χ2n) is 3.02. The maximum absolute atomic E-state index is 10.4. The monoisotopic (exact) mass is 231 g/mol. The molecule has 0 aromatic carbocycles. The normalized spacial score (nSPS) is 12.1. The molecule has 0 rings (SSSR count). The molecule has 0 amide bonds. The zero-order chi connectivity index (χ0) is 11.7. The SMILES string of the molecule is C=CCN(CC=C)CC=CCS(=O)(=O)O. The highest BCUT2D eigenvalue weighted by atomic mass is 32.2. The van der Waals surface area contributed by atoms with Crippen LogP contribution in [0.2, 0.25) is 0 Å². The van der Waals surface area contributed by atoms with E-state index in [9.17, 15) is 8.42 Å². The van der Waals surface area contributed by atoms with E-state index in [0.29, 0.717) is 19.6 Å². The van der Waals surface area contributed by atoms with E-state index in [4.69, 9.17) is 4.55 Å². The van der Waals surface area contributed by atoms with E-state index in [1.807, 2.05) is 4.90 Å². The highest BCUT2D eigenvalue weighted by Gasteiger charge is 2.00. The molecule has 0 aliphatic carbocycles. The second-order valence-corrected chi connectivity index (χ2v) is 4.51. The quantitative estimate of drug-likeness (QED) is 0.502. The maximum atomic E-state index is 10.4. The molecule has 0 aliphatic heterocycles. The zero-order valence-electron chi connectivity index (χ0n) is 8.67. The minimum Gasteiger partial charge on any atom is -0.292 e. The zero-order valence-corrected chi connectivity index (χ0v) is 9.49. The van der Waals surface area contributed by atoms with Crippen molar-refractivity contribution in [3.05, 3.63) is 37.5 Å². The molecule has 0 saturated heterocycles. The van der Waals surface area contributed by atoms with Crippen LogP contribution in [0.3, 0.4) is 0 Å². The molecular formula is C10H17NO3S. The van der Waals surface area contributed by atoms with Crippen LogP contribution in [0, 0.1) is 0 Å². The Morgan fingerprint density at radius 1 is 1.07 bits per heavy atom. The molecule has 0 aromatic heterocycles. The molecule has 0 aliphatic rings. The molecule has 0 aromatic rings. The van der Waals surface area contributed by atoms with Gasteiger partial charge in [0.2, 0.25) is 0 Å². The number of nitrogens with zero attached hydrogens (tertiary/aromatic N) is 1. The van der Waals surface area contributed by atoms with E-state index in [-0.39, 0.29) is 5.75 Å². The van der Waals surface area contributed by atoms with Crippen LogP contribution in [0.5, 0.6) is 0 Å². The first-order chi connectivity index (χ1) is 6.99. The Hall–Kier alpha value is -0.910. The molecule has 0 radical (unpaired) electrons. The molecule has 0 heterocycles. The van der Waals surface area contributed by atoms with Gasteiger partial charge in [0.05, 0.1) is 5.75 Å². The van der Waals surface area contributed by atoms with E-state index in [1.54, 1.807) is 18.2 Å². The Labute approximate surface area is 91.3 Å². The lowest BCUT2D eigenvalue weighted by Gasteiger charge is -2.15. The van der Waals surface area contributed by atoms with Crippen LogP contribution in [0.4, 0.5) is 0 Å². The summed E-state index contributed by atoms with van der Waals surface area (Å²) in [5.74, 6) is -0.344. The lowest BCUT2D eigenvalue weighted by atomic mass is 10.4.